The summed E-state index contributed by atoms with van der Waals surface area (Å²) in [5.74, 6) is 0.873. The Morgan fingerprint density at radius 3 is 2.10 bits per heavy atom. The first-order valence-electron chi connectivity index (χ1n) is 10.6. The van der Waals surface area contributed by atoms with Gasteiger partial charge in [-0.2, -0.15) is 0 Å². The highest BCUT2D eigenvalue weighted by atomic mass is 16.2. The molecule has 2 N–H and O–H groups in total. The number of hydrogen-bond acceptors (Lipinski definition) is 3. The Balaban J connectivity index is 1.49. The molecule has 0 bridgehead atoms. The molecular formula is C26H29N3O. The van der Waals surface area contributed by atoms with E-state index in [0.717, 1.165) is 24.3 Å². The molecule has 0 spiro atoms. The van der Waals surface area contributed by atoms with E-state index in [2.05, 4.69) is 41.3 Å². The van der Waals surface area contributed by atoms with E-state index in [0.29, 0.717) is 31.5 Å². The van der Waals surface area contributed by atoms with Crippen LogP contribution in [0.3, 0.4) is 0 Å². The molecule has 1 heterocycles. The van der Waals surface area contributed by atoms with Crippen LogP contribution >= 0.6 is 0 Å². The van der Waals surface area contributed by atoms with Gasteiger partial charge < -0.3 is 10.6 Å². The van der Waals surface area contributed by atoms with Crippen molar-refractivity contribution in [3.63, 3.8) is 0 Å². The third kappa shape index (κ3) is 4.78. The van der Waals surface area contributed by atoms with Crippen molar-refractivity contribution in [2.75, 3.05) is 31.1 Å². The molecule has 1 amide bonds. The second-order valence-electron chi connectivity index (χ2n) is 8.01. The van der Waals surface area contributed by atoms with Crippen LogP contribution in [0.15, 0.2) is 91.0 Å². The van der Waals surface area contributed by atoms with Crippen LogP contribution in [0.4, 0.5) is 5.69 Å². The number of nitrogens with two attached hydrogens (primary N) is 1. The van der Waals surface area contributed by atoms with Gasteiger partial charge in [-0.05, 0) is 35.7 Å². The number of hydrogen-bond donors (Lipinski definition) is 1. The van der Waals surface area contributed by atoms with Crippen molar-refractivity contribution in [3.8, 4) is 0 Å². The minimum atomic E-state index is 0.120. The van der Waals surface area contributed by atoms with E-state index in [9.17, 15) is 4.79 Å². The summed E-state index contributed by atoms with van der Waals surface area (Å²) in [4.78, 5) is 17.5. The van der Waals surface area contributed by atoms with Gasteiger partial charge in [0.2, 0.25) is 5.91 Å². The second kappa shape index (κ2) is 9.70. The first-order valence-corrected chi connectivity index (χ1v) is 10.6. The third-order valence-electron chi connectivity index (χ3n) is 5.96. The molecule has 1 aliphatic heterocycles. The quantitative estimate of drug-likeness (QED) is 0.656. The number of para-hydroxylation sites is 1. The molecule has 1 fully saturated rings. The smallest absolute Gasteiger partial charge is 0.241 e. The van der Waals surface area contributed by atoms with E-state index < -0.39 is 0 Å². The van der Waals surface area contributed by atoms with Crippen molar-refractivity contribution in [1.29, 1.82) is 0 Å². The lowest BCUT2D eigenvalue weighted by Crippen LogP contribution is -2.39. The predicted molar refractivity (Wildman–Crippen MR) is 122 cm³/mol. The molecule has 0 aliphatic carbocycles. The highest BCUT2D eigenvalue weighted by Crippen LogP contribution is 2.32. The van der Waals surface area contributed by atoms with Gasteiger partial charge in [0.1, 0.15) is 0 Å². The summed E-state index contributed by atoms with van der Waals surface area (Å²) in [6.07, 6.45) is 0. The predicted octanol–water partition coefficient (Wildman–Crippen LogP) is 3.89. The van der Waals surface area contributed by atoms with Gasteiger partial charge in [-0.15, -0.1) is 0 Å². The van der Waals surface area contributed by atoms with Crippen molar-refractivity contribution in [2.24, 2.45) is 11.7 Å². The van der Waals surface area contributed by atoms with E-state index in [1.807, 2.05) is 59.5 Å². The minimum absolute atomic E-state index is 0.120. The number of rotatable bonds is 7. The van der Waals surface area contributed by atoms with Gasteiger partial charge >= 0.3 is 0 Å². The van der Waals surface area contributed by atoms with E-state index in [1.165, 1.54) is 5.56 Å². The molecule has 3 aromatic carbocycles. The van der Waals surface area contributed by atoms with Gasteiger partial charge in [0.05, 0.1) is 13.1 Å². The Bertz CT molecular complexity index is 930. The van der Waals surface area contributed by atoms with E-state index >= 15 is 0 Å². The normalized spacial score (nSPS) is 19.0. The summed E-state index contributed by atoms with van der Waals surface area (Å²) in [6.45, 7) is 3.33. The lowest BCUT2D eigenvalue weighted by Gasteiger charge is -2.26. The van der Waals surface area contributed by atoms with E-state index in [1.54, 1.807) is 0 Å². The number of benzene rings is 3. The summed E-state index contributed by atoms with van der Waals surface area (Å²) < 4.78 is 0. The Morgan fingerprint density at radius 1 is 0.867 bits per heavy atom. The molecule has 30 heavy (non-hydrogen) atoms. The third-order valence-corrected chi connectivity index (χ3v) is 5.96. The number of carbonyl (C=O) groups excluding carboxylic acids is 1. The molecule has 4 heteroatoms. The summed E-state index contributed by atoms with van der Waals surface area (Å²) in [6, 6.07) is 30.6. The Morgan fingerprint density at radius 2 is 1.47 bits per heavy atom. The van der Waals surface area contributed by atoms with Crippen LogP contribution in [0.25, 0.3) is 0 Å². The van der Waals surface area contributed by atoms with Crippen molar-refractivity contribution in [2.45, 2.75) is 12.5 Å². The maximum atomic E-state index is 13.4. The average molecular weight is 400 g/mol. The summed E-state index contributed by atoms with van der Waals surface area (Å²) in [7, 11) is 0. The van der Waals surface area contributed by atoms with Crippen molar-refractivity contribution in [3.05, 3.63) is 102 Å². The number of anilines is 1. The topological polar surface area (TPSA) is 49.6 Å². The van der Waals surface area contributed by atoms with Crippen molar-refractivity contribution < 1.29 is 4.79 Å². The lowest BCUT2D eigenvalue weighted by atomic mass is 9.89. The summed E-state index contributed by atoms with van der Waals surface area (Å²) >= 11 is 0. The zero-order valence-corrected chi connectivity index (χ0v) is 17.2. The largest absolute Gasteiger partial charge is 0.330 e. The lowest BCUT2D eigenvalue weighted by molar-refractivity contribution is -0.119. The molecule has 4 rings (SSSR count). The molecule has 4 nitrogen and oxygen atoms in total. The molecule has 1 saturated heterocycles. The Hall–Kier alpha value is -2.95. The van der Waals surface area contributed by atoms with Crippen LogP contribution in [-0.4, -0.2) is 37.0 Å². The summed E-state index contributed by atoms with van der Waals surface area (Å²) in [5, 5.41) is 0. The summed E-state index contributed by atoms with van der Waals surface area (Å²) in [5.41, 5.74) is 9.45. The van der Waals surface area contributed by atoms with E-state index in [4.69, 9.17) is 5.73 Å². The molecule has 3 aromatic rings. The van der Waals surface area contributed by atoms with Crippen LogP contribution in [0, 0.1) is 5.92 Å². The first kappa shape index (κ1) is 20.3. The van der Waals surface area contributed by atoms with Crippen LogP contribution in [0.5, 0.6) is 0 Å². The monoisotopic (exact) mass is 399 g/mol. The molecular weight excluding hydrogens is 370 g/mol. The fourth-order valence-corrected chi connectivity index (χ4v) is 4.38. The Labute approximate surface area is 178 Å². The molecule has 0 radical (unpaired) electrons. The molecule has 0 aromatic heterocycles. The average Bonchev–Trinajstić information content (AvgIpc) is 3.22. The van der Waals surface area contributed by atoms with Crippen LogP contribution in [0.1, 0.15) is 17.0 Å². The fourth-order valence-electron chi connectivity index (χ4n) is 4.38. The van der Waals surface area contributed by atoms with Gasteiger partial charge in [0, 0.05) is 24.7 Å². The minimum Gasteiger partial charge on any atom is -0.330 e. The highest BCUT2D eigenvalue weighted by molar-refractivity contribution is 5.94. The second-order valence-corrected chi connectivity index (χ2v) is 8.01. The van der Waals surface area contributed by atoms with Crippen molar-refractivity contribution >= 4 is 11.6 Å². The SMILES string of the molecule is NC[C@@H]1CN(CC(=O)N(Cc2ccccc2)c2ccccc2)C[C@H]1c1ccccc1. The van der Waals surface area contributed by atoms with Gasteiger partial charge in [0.15, 0.2) is 0 Å². The molecule has 1 aliphatic rings. The van der Waals surface area contributed by atoms with Crippen LogP contribution < -0.4 is 10.6 Å². The number of amides is 1. The molecule has 0 saturated carbocycles. The highest BCUT2D eigenvalue weighted by Gasteiger charge is 2.34. The van der Waals surface area contributed by atoms with Crippen LogP contribution in [0.2, 0.25) is 0 Å². The first-order chi connectivity index (χ1) is 14.7. The number of likely N-dealkylation sites (tertiary alicyclic amines) is 1. The van der Waals surface area contributed by atoms with Gasteiger partial charge in [0.25, 0.3) is 0 Å². The molecule has 2 atom stereocenters. The molecule has 154 valence electrons. The van der Waals surface area contributed by atoms with Gasteiger partial charge in [-0.25, -0.2) is 0 Å². The van der Waals surface area contributed by atoms with Crippen molar-refractivity contribution in [1.82, 2.24) is 4.90 Å². The van der Waals surface area contributed by atoms with Gasteiger partial charge in [-0.3, -0.25) is 9.69 Å². The number of carbonyl (C=O) groups is 1. The van der Waals surface area contributed by atoms with Gasteiger partial charge in [-0.1, -0.05) is 78.9 Å². The van der Waals surface area contributed by atoms with Crippen LogP contribution in [-0.2, 0) is 11.3 Å². The fraction of sp³-hybridized carbons (Fsp3) is 0.269. The zero-order valence-electron chi connectivity index (χ0n) is 17.2. The maximum Gasteiger partial charge on any atom is 0.241 e. The van der Waals surface area contributed by atoms with E-state index in [-0.39, 0.29) is 5.91 Å². The molecule has 0 unspecified atom stereocenters. The zero-order chi connectivity index (χ0) is 20.8. The number of nitrogens with zero attached hydrogens (tertiary/aromatic N) is 2. The Kier molecular flexibility index (Phi) is 6.57. The maximum absolute atomic E-state index is 13.4. The standard InChI is InChI=1S/C26H29N3O/c27-16-23-18-28(19-25(23)22-12-6-2-7-13-22)20-26(30)29(24-14-8-3-9-15-24)17-21-10-4-1-5-11-21/h1-15,23,25H,16-20,27H2/t23-,25+/m1/s1.